The summed E-state index contributed by atoms with van der Waals surface area (Å²) in [5.41, 5.74) is 17.1. The second-order valence-electron chi connectivity index (χ2n) is 19.2. The number of carboxylic acid groups (broad SMARTS) is 1. The lowest BCUT2D eigenvalue weighted by Gasteiger charge is -2.34. The molecule has 0 saturated carbocycles. The van der Waals surface area contributed by atoms with Crippen molar-refractivity contribution < 1.29 is 48.6 Å². The van der Waals surface area contributed by atoms with Crippen LogP contribution in [0.3, 0.4) is 0 Å². The Morgan fingerprint density at radius 2 is 1.36 bits per heavy atom. The molecule has 386 valence electrons. The Bertz CT molecular complexity index is 2000. The van der Waals surface area contributed by atoms with Gasteiger partial charge in [0.15, 0.2) is 11.9 Å². The highest BCUT2D eigenvalue weighted by Crippen LogP contribution is 2.25. The maximum Gasteiger partial charge on any atom is 0.326 e. The number of amides is 7. The Balaban J connectivity index is 2.54. The number of nitrogens with zero attached hydrogens (tertiary/aromatic N) is 2. The summed E-state index contributed by atoms with van der Waals surface area (Å²) in [5.74, 6) is -6.47. The predicted octanol–water partition coefficient (Wildman–Crippen LogP) is -0.332. The van der Waals surface area contributed by atoms with E-state index in [-0.39, 0.29) is 107 Å². The fraction of sp³-hybridized carbons (Fsp3) is 0.652. The van der Waals surface area contributed by atoms with Crippen molar-refractivity contribution in [2.45, 2.75) is 155 Å². The highest BCUT2D eigenvalue weighted by atomic mass is 16.4. The van der Waals surface area contributed by atoms with Crippen LogP contribution in [0.5, 0.6) is 5.75 Å². The van der Waals surface area contributed by atoms with Crippen LogP contribution in [0, 0.1) is 36.0 Å². The lowest BCUT2D eigenvalue weighted by Crippen LogP contribution is -2.61. The molecule has 6 atom stereocenters. The number of aliphatic carboxylic acids is 1. The highest BCUT2D eigenvalue weighted by molar-refractivity contribution is 5.97. The summed E-state index contributed by atoms with van der Waals surface area (Å²) in [5, 5.41) is 51.5. The molecular formula is C46H77N13O10. The topological polar surface area (TPSA) is 381 Å². The molecule has 23 heteroatoms. The lowest BCUT2D eigenvalue weighted by atomic mass is 9.85. The zero-order chi connectivity index (χ0) is 52.3. The fourth-order valence-electron chi connectivity index (χ4n) is 8.18. The van der Waals surface area contributed by atoms with E-state index in [1.165, 1.54) is 29.0 Å². The third-order valence-electron chi connectivity index (χ3n) is 11.8. The number of aryl methyl sites for hydroxylation is 2. The summed E-state index contributed by atoms with van der Waals surface area (Å²) in [6, 6.07) is -4.30. The molecular weight excluding hydrogens is 895 g/mol. The molecule has 1 aromatic rings. The molecule has 0 bridgehead atoms. The van der Waals surface area contributed by atoms with Gasteiger partial charge in [0.2, 0.25) is 41.4 Å². The number of guanidine groups is 2. The van der Waals surface area contributed by atoms with Crippen molar-refractivity contribution in [3.05, 3.63) is 28.8 Å². The van der Waals surface area contributed by atoms with Gasteiger partial charge in [0.1, 0.15) is 42.0 Å². The minimum absolute atomic E-state index is 0.00813. The Morgan fingerprint density at radius 1 is 0.797 bits per heavy atom. The first-order valence-corrected chi connectivity index (χ1v) is 23.4. The number of phenolic OH excluding ortho intramolecular Hbond substituents is 1. The van der Waals surface area contributed by atoms with Gasteiger partial charge in [0, 0.05) is 45.9 Å². The smallest absolute Gasteiger partial charge is 0.326 e. The number of hydrogen-bond donors (Lipinski definition) is 13. The van der Waals surface area contributed by atoms with Gasteiger partial charge < -0.3 is 69.1 Å². The largest absolute Gasteiger partial charge is 0.508 e. The number of hydrogen-bond acceptors (Lipinski definition) is 11. The number of carbonyl (C=O) groups is 8. The number of rotatable bonds is 27. The van der Waals surface area contributed by atoms with E-state index < -0.39 is 89.0 Å². The van der Waals surface area contributed by atoms with Gasteiger partial charge in [-0.25, -0.2) is 4.79 Å². The average molecular weight is 972 g/mol. The number of carboxylic acids is 1. The molecule has 23 nitrogen and oxygen atoms in total. The number of phenols is 1. The summed E-state index contributed by atoms with van der Waals surface area (Å²) < 4.78 is 0. The number of primary amides is 1. The molecule has 0 aromatic heterocycles. The summed E-state index contributed by atoms with van der Waals surface area (Å²) in [4.78, 5) is 111. The van der Waals surface area contributed by atoms with E-state index >= 15 is 0 Å². The van der Waals surface area contributed by atoms with Gasteiger partial charge in [-0.3, -0.25) is 44.4 Å². The number of aromatic hydroxyl groups is 1. The van der Waals surface area contributed by atoms with Gasteiger partial charge in [-0.2, -0.15) is 0 Å². The minimum atomic E-state index is -1.34. The van der Waals surface area contributed by atoms with Crippen molar-refractivity contribution in [2.75, 3.05) is 26.7 Å². The Morgan fingerprint density at radius 3 is 1.88 bits per heavy atom. The van der Waals surface area contributed by atoms with Gasteiger partial charge in [0.25, 0.3) is 0 Å². The number of carbonyl (C=O) groups excluding carboxylic acids is 7. The number of likely N-dealkylation sites (N-methyl/N-ethyl adjacent to an activating group) is 1. The van der Waals surface area contributed by atoms with Crippen molar-refractivity contribution in [2.24, 2.45) is 28.5 Å². The van der Waals surface area contributed by atoms with Crippen LogP contribution >= 0.6 is 0 Å². The molecule has 1 aliphatic rings. The molecule has 1 fully saturated rings. The average Bonchev–Trinajstić information content (AvgIpc) is 3.73. The van der Waals surface area contributed by atoms with E-state index in [0.717, 1.165) is 0 Å². The predicted molar refractivity (Wildman–Crippen MR) is 258 cm³/mol. The maximum atomic E-state index is 14.6. The molecule has 1 aromatic carbocycles. The first-order chi connectivity index (χ1) is 32.1. The van der Waals surface area contributed by atoms with E-state index in [1.54, 1.807) is 34.6 Å². The van der Waals surface area contributed by atoms with Crippen molar-refractivity contribution in [3.63, 3.8) is 0 Å². The minimum Gasteiger partial charge on any atom is -0.508 e. The van der Waals surface area contributed by atoms with Crippen LogP contribution in [0.4, 0.5) is 0 Å². The van der Waals surface area contributed by atoms with E-state index in [2.05, 4.69) is 31.9 Å². The standard InChI is InChI=1S/C46H77N13O10/c1-25(2)21-32(43(68)69)56-41(66)37(46(5,6)7)57-38(63)31(24-29-26(3)22-28(60)23-27(29)4)55-40(65)34-15-12-20-59(34)42(67)30(13-10-18-52-44(48)49)54-39(64)33(14-11-19-53-45(50)51)58(8)36(62)17-9-16-35(47)61/h22-23,25,30-34,37,60H,9-21,24H2,1-8H3,(H2,47,61)(H,54,64)(H,55,65)(H,56,66)(H,57,63)(H,68,69)(H4,48,49,52)(H4,50,51,53)/t30-,31-,32-,33-,34-,37+/m1/s1. The van der Waals surface area contributed by atoms with Gasteiger partial charge in [-0.15, -0.1) is 0 Å². The molecule has 0 spiro atoms. The molecule has 1 aliphatic heterocycles. The van der Waals surface area contributed by atoms with Crippen LogP contribution < -0.4 is 49.1 Å². The van der Waals surface area contributed by atoms with Crippen LogP contribution in [0.2, 0.25) is 0 Å². The van der Waals surface area contributed by atoms with E-state index in [1.807, 2.05) is 13.8 Å². The molecule has 7 amide bonds. The molecule has 1 saturated heterocycles. The van der Waals surface area contributed by atoms with Crippen LogP contribution in [-0.4, -0.2) is 142 Å². The zero-order valence-electron chi connectivity index (χ0n) is 41.4. The third kappa shape index (κ3) is 19.5. The molecule has 16 N–H and O–H groups in total. The Hall–Kier alpha value is -6.68. The number of nitrogens with one attached hydrogen (secondary N) is 8. The second-order valence-corrected chi connectivity index (χ2v) is 19.2. The third-order valence-corrected chi connectivity index (χ3v) is 11.8. The molecule has 1 heterocycles. The van der Waals surface area contributed by atoms with Crippen molar-refractivity contribution in [3.8, 4) is 5.75 Å². The van der Waals surface area contributed by atoms with E-state index in [4.69, 9.17) is 28.0 Å². The van der Waals surface area contributed by atoms with Gasteiger partial charge >= 0.3 is 5.97 Å². The van der Waals surface area contributed by atoms with E-state index in [0.29, 0.717) is 23.1 Å². The molecule has 69 heavy (non-hydrogen) atoms. The van der Waals surface area contributed by atoms with Crippen LogP contribution in [0.25, 0.3) is 0 Å². The quantitative estimate of drug-likeness (QED) is 0.0305. The molecule has 0 aliphatic carbocycles. The first kappa shape index (κ1) is 58.4. The lowest BCUT2D eigenvalue weighted by molar-refractivity contribution is -0.144. The monoisotopic (exact) mass is 972 g/mol. The summed E-state index contributed by atoms with van der Waals surface area (Å²) in [6.07, 6.45) is 1.25. The summed E-state index contributed by atoms with van der Waals surface area (Å²) >= 11 is 0. The zero-order valence-corrected chi connectivity index (χ0v) is 41.4. The van der Waals surface area contributed by atoms with Crippen molar-refractivity contribution >= 4 is 59.2 Å². The summed E-state index contributed by atoms with van der Waals surface area (Å²) in [6.45, 7) is 12.6. The van der Waals surface area contributed by atoms with Crippen LogP contribution in [-0.2, 0) is 44.8 Å². The van der Waals surface area contributed by atoms with Gasteiger partial charge in [0.05, 0.1) is 0 Å². The first-order valence-electron chi connectivity index (χ1n) is 23.4. The number of nitrogens with two attached hydrogens (primary N) is 3. The number of likely N-dealkylation sites (tertiary alicyclic amines) is 1. The van der Waals surface area contributed by atoms with Crippen LogP contribution in [0.1, 0.15) is 116 Å². The molecule has 2 rings (SSSR count). The van der Waals surface area contributed by atoms with Crippen molar-refractivity contribution in [1.29, 1.82) is 10.8 Å². The highest BCUT2D eigenvalue weighted by Gasteiger charge is 2.41. The molecule has 0 radical (unpaired) electrons. The SMILES string of the molecule is Cc1cc(O)cc(C)c1C[C@@H](NC(=O)[C@H]1CCCN1C(=O)[C@@H](CCCNC(=N)N)NC(=O)[C@@H](CCCNC(=N)N)N(C)C(=O)CCCC(N)=O)C(=O)N[C@@H](C(=O)N[C@H](CC(C)C)C(=O)O)C(C)(C)C. The molecule has 0 unspecified atom stereocenters. The Kier molecular flexibility index (Phi) is 23.2. The van der Waals surface area contributed by atoms with Gasteiger partial charge in [-0.1, -0.05) is 34.6 Å². The summed E-state index contributed by atoms with van der Waals surface area (Å²) in [7, 11) is 1.42. The van der Waals surface area contributed by atoms with Crippen molar-refractivity contribution in [1.82, 2.24) is 41.7 Å². The second kappa shape index (κ2) is 27.3. The fourth-order valence-corrected chi connectivity index (χ4v) is 8.18. The maximum absolute atomic E-state index is 14.6. The Labute approximate surface area is 404 Å². The van der Waals surface area contributed by atoms with Gasteiger partial charge in [-0.05, 0) is 105 Å². The van der Waals surface area contributed by atoms with Crippen LogP contribution in [0.15, 0.2) is 12.1 Å². The van der Waals surface area contributed by atoms with E-state index in [9.17, 15) is 48.6 Å². The number of benzene rings is 1. The normalized spacial score (nSPS) is 15.7.